The number of anilines is 2. The number of H-pyrrole nitrogens is 1. The van der Waals surface area contributed by atoms with Gasteiger partial charge in [-0.2, -0.15) is 0 Å². The third-order valence-electron chi connectivity index (χ3n) is 5.22. The van der Waals surface area contributed by atoms with E-state index in [1.54, 1.807) is 18.3 Å². The summed E-state index contributed by atoms with van der Waals surface area (Å²) in [4.78, 5) is 24.6. The van der Waals surface area contributed by atoms with Crippen molar-refractivity contribution in [2.75, 3.05) is 43.5 Å². The number of fused-ring (bicyclic) bond motifs is 1. The van der Waals surface area contributed by atoms with Crippen molar-refractivity contribution in [3.05, 3.63) is 48.0 Å². The fraction of sp³-hybridized carbons (Fsp3) is 0.364. The number of aromatic amines is 1. The number of amides is 1. The van der Waals surface area contributed by atoms with Gasteiger partial charge in [0.1, 0.15) is 5.69 Å². The van der Waals surface area contributed by atoms with E-state index in [4.69, 9.17) is 4.74 Å². The van der Waals surface area contributed by atoms with Crippen molar-refractivity contribution >= 4 is 28.3 Å². The monoisotopic (exact) mass is 411 g/mol. The van der Waals surface area contributed by atoms with Gasteiger partial charge in [-0.15, -0.1) is 0 Å². The van der Waals surface area contributed by atoms with Crippen molar-refractivity contribution in [3.8, 4) is 5.75 Å². The zero-order chi connectivity index (χ0) is 21.3. The molecule has 4 rings (SSSR count). The minimum atomic E-state index is -0.446. The maximum Gasteiger partial charge on any atom is 0.270 e. The highest BCUT2D eigenvalue weighted by atomic mass is 19.1. The first-order chi connectivity index (χ1) is 14.5. The number of hydrogen-bond acceptors (Lipinski definition) is 5. The van der Waals surface area contributed by atoms with Gasteiger partial charge in [0, 0.05) is 55.4 Å². The molecule has 1 aliphatic heterocycles. The van der Waals surface area contributed by atoms with E-state index in [0.717, 1.165) is 11.5 Å². The van der Waals surface area contributed by atoms with Crippen molar-refractivity contribution in [3.63, 3.8) is 0 Å². The van der Waals surface area contributed by atoms with E-state index in [1.165, 1.54) is 13.2 Å². The van der Waals surface area contributed by atoms with Crippen molar-refractivity contribution in [1.82, 2.24) is 14.9 Å². The second-order valence-electron chi connectivity index (χ2n) is 7.71. The summed E-state index contributed by atoms with van der Waals surface area (Å²) in [6, 6.07) is 8.89. The van der Waals surface area contributed by atoms with Crippen LogP contribution in [0.15, 0.2) is 36.5 Å². The van der Waals surface area contributed by atoms with E-state index >= 15 is 0 Å². The Morgan fingerprint density at radius 3 is 2.70 bits per heavy atom. The summed E-state index contributed by atoms with van der Waals surface area (Å²) in [5.74, 6) is 0.522. The molecule has 1 aliphatic rings. The summed E-state index contributed by atoms with van der Waals surface area (Å²) >= 11 is 0. The molecule has 1 fully saturated rings. The van der Waals surface area contributed by atoms with Gasteiger partial charge in [0.25, 0.3) is 5.91 Å². The molecule has 0 spiro atoms. The van der Waals surface area contributed by atoms with Crippen LogP contribution in [0.3, 0.4) is 0 Å². The molecule has 0 atom stereocenters. The summed E-state index contributed by atoms with van der Waals surface area (Å²) in [6.07, 6.45) is 1.79. The number of halogens is 1. The van der Waals surface area contributed by atoms with Gasteiger partial charge in [0.15, 0.2) is 17.4 Å². The van der Waals surface area contributed by atoms with Crippen LogP contribution in [0.25, 0.3) is 10.9 Å². The second-order valence-corrected chi connectivity index (χ2v) is 7.71. The number of piperazine rings is 1. The third-order valence-corrected chi connectivity index (χ3v) is 5.22. The molecule has 3 aromatic rings. The number of nitrogens with zero attached hydrogens (tertiary/aromatic N) is 3. The fourth-order valence-corrected chi connectivity index (χ4v) is 3.77. The lowest BCUT2D eigenvalue weighted by molar-refractivity contribution is 0.0741. The van der Waals surface area contributed by atoms with Crippen molar-refractivity contribution in [2.45, 2.75) is 19.9 Å². The molecule has 0 bridgehead atoms. The molecule has 2 aromatic heterocycles. The standard InChI is InChI=1S/C22H26FN5O2/c1-14(2)25-17-5-4-6-24-21(17)27-7-9-28(10-8-27)22(29)19-12-15-11-16(23)20(30-3)13-18(15)26-19/h4-6,11-14,25-26H,7-10H2,1-3H3. The number of benzene rings is 1. The zero-order valence-electron chi connectivity index (χ0n) is 17.4. The molecule has 158 valence electrons. The van der Waals surface area contributed by atoms with Gasteiger partial charge in [0.05, 0.1) is 12.8 Å². The van der Waals surface area contributed by atoms with Crippen LogP contribution < -0.4 is 15.0 Å². The maximum absolute atomic E-state index is 14.0. The van der Waals surface area contributed by atoms with Gasteiger partial charge in [-0.1, -0.05) is 0 Å². The van der Waals surface area contributed by atoms with Gasteiger partial charge in [-0.05, 0) is 38.1 Å². The van der Waals surface area contributed by atoms with Crippen LogP contribution in [0.5, 0.6) is 5.75 Å². The lowest BCUT2D eigenvalue weighted by Gasteiger charge is -2.36. The van der Waals surface area contributed by atoms with E-state index in [0.29, 0.717) is 48.8 Å². The Morgan fingerprint density at radius 1 is 1.23 bits per heavy atom. The summed E-state index contributed by atoms with van der Waals surface area (Å²) in [7, 11) is 1.42. The molecular formula is C22H26FN5O2. The molecule has 30 heavy (non-hydrogen) atoms. The van der Waals surface area contributed by atoms with Crippen LogP contribution in [0.2, 0.25) is 0 Å². The van der Waals surface area contributed by atoms with Gasteiger partial charge in [0.2, 0.25) is 0 Å². The Balaban J connectivity index is 1.47. The minimum absolute atomic E-state index is 0.0909. The van der Waals surface area contributed by atoms with Crippen molar-refractivity contribution in [2.24, 2.45) is 0 Å². The first kappa shape index (κ1) is 20.0. The fourth-order valence-electron chi connectivity index (χ4n) is 3.77. The summed E-state index contributed by atoms with van der Waals surface area (Å²) < 4.78 is 19.0. The number of pyridine rings is 1. The average Bonchev–Trinajstić information content (AvgIpc) is 3.15. The molecule has 0 radical (unpaired) electrons. The van der Waals surface area contributed by atoms with Crippen molar-refractivity contribution in [1.29, 1.82) is 0 Å². The van der Waals surface area contributed by atoms with Crippen LogP contribution in [0, 0.1) is 5.82 Å². The highest BCUT2D eigenvalue weighted by Gasteiger charge is 2.25. The molecule has 8 heteroatoms. The van der Waals surface area contributed by atoms with Crippen LogP contribution in [0.1, 0.15) is 24.3 Å². The van der Waals surface area contributed by atoms with Crippen molar-refractivity contribution < 1.29 is 13.9 Å². The Kier molecular flexibility index (Phi) is 5.48. The number of carbonyl (C=O) groups is 1. The third kappa shape index (κ3) is 3.90. The van der Waals surface area contributed by atoms with E-state index in [2.05, 4.69) is 34.0 Å². The molecule has 0 unspecified atom stereocenters. The lowest BCUT2D eigenvalue weighted by atomic mass is 10.2. The summed E-state index contributed by atoms with van der Waals surface area (Å²) in [5, 5.41) is 4.08. The molecule has 0 saturated carbocycles. The maximum atomic E-state index is 14.0. The zero-order valence-corrected chi connectivity index (χ0v) is 17.4. The predicted molar refractivity (Wildman–Crippen MR) is 116 cm³/mol. The molecule has 1 amide bonds. The number of rotatable bonds is 5. The smallest absolute Gasteiger partial charge is 0.270 e. The van der Waals surface area contributed by atoms with Gasteiger partial charge in [-0.3, -0.25) is 4.79 Å². The topological polar surface area (TPSA) is 73.5 Å². The number of methoxy groups -OCH3 is 1. The van der Waals surface area contributed by atoms with Crippen LogP contribution in [0.4, 0.5) is 15.9 Å². The van der Waals surface area contributed by atoms with Gasteiger partial charge < -0.3 is 24.8 Å². The Labute approximate surface area is 174 Å². The largest absolute Gasteiger partial charge is 0.494 e. The van der Waals surface area contributed by atoms with Crippen LogP contribution >= 0.6 is 0 Å². The Bertz CT molecular complexity index is 1060. The normalized spacial score (nSPS) is 14.4. The predicted octanol–water partition coefficient (Wildman–Crippen LogP) is 3.49. The Hall–Kier alpha value is -3.29. The number of aromatic nitrogens is 2. The quantitative estimate of drug-likeness (QED) is 0.672. The first-order valence-corrected chi connectivity index (χ1v) is 10.1. The minimum Gasteiger partial charge on any atom is -0.494 e. The van der Waals surface area contributed by atoms with Crippen LogP contribution in [-0.2, 0) is 0 Å². The van der Waals surface area contributed by atoms with Crippen LogP contribution in [-0.4, -0.2) is 60.1 Å². The van der Waals surface area contributed by atoms with E-state index < -0.39 is 5.82 Å². The molecule has 0 aliphatic carbocycles. The molecular weight excluding hydrogens is 385 g/mol. The summed E-state index contributed by atoms with van der Waals surface area (Å²) in [6.45, 7) is 6.74. The number of nitrogens with one attached hydrogen (secondary N) is 2. The Morgan fingerprint density at radius 2 is 2.00 bits per heavy atom. The second kappa shape index (κ2) is 8.22. The SMILES string of the molecule is COc1cc2[nH]c(C(=O)N3CCN(c4ncccc4NC(C)C)CC3)cc2cc1F. The average molecular weight is 411 g/mol. The highest BCUT2D eigenvalue weighted by molar-refractivity contribution is 5.98. The molecule has 2 N–H and O–H groups in total. The molecule has 3 heterocycles. The van der Waals surface area contributed by atoms with E-state index in [9.17, 15) is 9.18 Å². The molecule has 1 saturated heterocycles. The van der Waals surface area contributed by atoms with Gasteiger partial charge in [-0.25, -0.2) is 9.37 Å². The first-order valence-electron chi connectivity index (χ1n) is 10.1. The van der Waals surface area contributed by atoms with Gasteiger partial charge >= 0.3 is 0 Å². The summed E-state index contributed by atoms with van der Waals surface area (Å²) in [5.41, 5.74) is 2.12. The molecule has 7 nitrogen and oxygen atoms in total. The molecule has 1 aromatic carbocycles. The number of carbonyl (C=O) groups excluding carboxylic acids is 1. The van der Waals surface area contributed by atoms with E-state index in [1.807, 2.05) is 17.0 Å². The number of ether oxygens (including phenoxy) is 1. The number of hydrogen-bond donors (Lipinski definition) is 2. The van der Waals surface area contributed by atoms with E-state index in [-0.39, 0.29) is 11.7 Å². The lowest BCUT2D eigenvalue weighted by Crippen LogP contribution is -2.49. The highest BCUT2D eigenvalue weighted by Crippen LogP contribution is 2.27.